The number of aryl methyl sites for hydroxylation is 1. The minimum Gasteiger partial charge on any atom is -0.462 e. The summed E-state index contributed by atoms with van der Waals surface area (Å²) in [4.78, 5) is 19.1. The molecule has 0 atom stereocenters. The van der Waals surface area contributed by atoms with Crippen molar-refractivity contribution in [2.75, 3.05) is 37.8 Å². The largest absolute Gasteiger partial charge is 0.462 e. The van der Waals surface area contributed by atoms with E-state index in [2.05, 4.69) is 46.5 Å². The summed E-state index contributed by atoms with van der Waals surface area (Å²) in [6.45, 7) is 9.68. The minimum atomic E-state index is -0.306. The molecule has 0 amide bonds. The molecule has 1 fully saturated rings. The SMILES string of the molecule is CCOC(=O)c1cccc(-n2c(C)cc(C=Nc3ccc(N4CCOCC4)cc3)c2C)c1. The van der Waals surface area contributed by atoms with Crippen LogP contribution in [-0.2, 0) is 9.47 Å². The molecule has 6 nitrogen and oxygen atoms in total. The summed E-state index contributed by atoms with van der Waals surface area (Å²) >= 11 is 0. The number of esters is 1. The van der Waals surface area contributed by atoms with E-state index >= 15 is 0 Å². The Morgan fingerprint density at radius 2 is 1.81 bits per heavy atom. The summed E-state index contributed by atoms with van der Waals surface area (Å²) in [5.74, 6) is -0.306. The zero-order valence-electron chi connectivity index (χ0n) is 18.9. The van der Waals surface area contributed by atoms with Crippen LogP contribution < -0.4 is 4.90 Å². The van der Waals surface area contributed by atoms with Crippen LogP contribution >= 0.6 is 0 Å². The highest BCUT2D eigenvalue weighted by Crippen LogP contribution is 2.23. The lowest BCUT2D eigenvalue weighted by Gasteiger charge is -2.28. The topological polar surface area (TPSA) is 56.1 Å². The predicted octanol–water partition coefficient (Wildman–Crippen LogP) is 4.86. The maximum atomic E-state index is 12.1. The summed E-state index contributed by atoms with van der Waals surface area (Å²) < 4.78 is 12.7. The fourth-order valence-electron chi connectivity index (χ4n) is 4.02. The Kier molecular flexibility index (Phi) is 6.71. The van der Waals surface area contributed by atoms with E-state index in [0.717, 1.165) is 54.6 Å². The molecular weight excluding hydrogens is 402 g/mol. The second-order valence-corrected chi connectivity index (χ2v) is 7.81. The summed E-state index contributed by atoms with van der Waals surface area (Å²) in [5.41, 5.74) is 6.78. The zero-order valence-corrected chi connectivity index (χ0v) is 18.9. The lowest BCUT2D eigenvalue weighted by Crippen LogP contribution is -2.36. The van der Waals surface area contributed by atoms with Gasteiger partial charge in [0.25, 0.3) is 0 Å². The number of benzene rings is 2. The number of carbonyl (C=O) groups excluding carboxylic acids is 1. The average molecular weight is 432 g/mol. The summed E-state index contributed by atoms with van der Waals surface area (Å²) in [6.07, 6.45) is 1.90. The van der Waals surface area contributed by atoms with Crippen molar-refractivity contribution in [2.24, 2.45) is 4.99 Å². The molecule has 4 rings (SSSR count). The van der Waals surface area contributed by atoms with Gasteiger partial charge in [-0.05, 0) is 69.3 Å². The number of morpholine rings is 1. The van der Waals surface area contributed by atoms with Gasteiger partial charge in [0.05, 0.1) is 31.1 Å². The lowest BCUT2D eigenvalue weighted by atomic mass is 10.2. The van der Waals surface area contributed by atoms with Crippen LogP contribution in [-0.4, -0.2) is 49.7 Å². The highest BCUT2D eigenvalue weighted by atomic mass is 16.5. The maximum absolute atomic E-state index is 12.1. The number of ether oxygens (including phenoxy) is 2. The third-order valence-electron chi connectivity index (χ3n) is 5.66. The molecule has 6 heteroatoms. The first-order valence-corrected chi connectivity index (χ1v) is 11.0. The summed E-state index contributed by atoms with van der Waals surface area (Å²) in [5, 5.41) is 0. The first-order chi connectivity index (χ1) is 15.6. The fraction of sp³-hybridized carbons (Fsp3) is 0.308. The van der Waals surface area contributed by atoms with Gasteiger partial charge in [0.1, 0.15) is 0 Å². The molecule has 1 saturated heterocycles. The third kappa shape index (κ3) is 4.75. The Labute approximate surface area is 189 Å². The fourth-order valence-corrected chi connectivity index (χ4v) is 4.02. The Morgan fingerprint density at radius 3 is 2.53 bits per heavy atom. The smallest absolute Gasteiger partial charge is 0.338 e. The van der Waals surface area contributed by atoms with E-state index in [0.29, 0.717) is 12.2 Å². The van der Waals surface area contributed by atoms with Crippen molar-refractivity contribution < 1.29 is 14.3 Å². The van der Waals surface area contributed by atoms with Gasteiger partial charge >= 0.3 is 5.97 Å². The Balaban J connectivity index is 1.54. The molecule has 0 spiro atoms. The first kappa shape index (κ1) is 21.8. The molecule has 1 aromatic heterocycles. The molecule has 0 radical (unpaired) electrons. The van der Waals surface area contributed by atoms with E-state index < -0.39 is 0 Å². The molecule has 1 aliphatic heterocycles. The van der Waals surface area contributed by atoms with Crippen LogP contribution in [0.5, 0.6) is 0 Å². The zero-order chi connectivity index (χ0) is 22.5. The van der Waals surface area contributed by atoms with Gasteiger partial charge in [-0.15, -0.1) is 0 Å². The van der Waals surface area contributed by atoms with Crippen molar-refractivity contribution in [3.63, 3.8) is 0 Å². The number of hydrogen-bond acceptors (Lipinski definition) is 5. The van der Waals surface area contributed by atoms with Crippen molar-refractivity contribution >= 4 is 23.6 Å². The molecule has 32 heavy (non-hydrogen) atoms. The minimum absolute atomic E-state index is 0.306. The third-order valence-corrected chi connectivity index (χ3v) is 5.66. The monoisotopic (exact) mass is 431 g/mol. The van der Waals surface area contributed by atoms with Crippen molar-refractivity contribution in [1.82, 2.24) is 4.57 Å². The van der Waals surface area contributed by atoms with Gasteiger partial charge in [0, 0.05) is 47.6 Å². The number of rotatable bonds is 6. The Bertz CT molecular complexity index is 1110. The molecule has 2 heterocycles. The van der Waals surface area contributed by atoms with E-state index in [4.69, 9.17) is 9.47 Å². The van der Waals surface area contributed by atoms with Crippen LogP contribution in [0.4, 0.5) is 11.4 Å². The van der Waals surface area contributed by atoms with Crippen LogP contribution in [0.15, 0.2) is 59.6 Å². The maximum Gasteiger partial charge on any atom is 0.338 e. The highest BCUT2D eigenvalue weighted by Gasteiger charge is 2.13. The molecular formula is C26H29N3O3. The van der Waals surface area contributed by atoms with E-state index in [1.807, 2.05) is 43.5 Å². The molecule has 0 bridgehead atoms. The van der Waals surface area contributed by atoms with E-state index in [1.54, 1.807) is 6.07 Å². The van der Waals surface area contributed by atoms with Gasteiger partial charge in [-0.1, -0.05) is 6.07 Å². The van der Waals surface area contributed by atoms with Crippen LogP contribution in [0, 0.1) is 13.8 Å². The molecule has 1 aliphatic rings. The number of anilines is 1. The predicted molar refractivity (Wildman–Crippen MR) is 128 cm³/mol. The second-order valence-electron chi connectivity index (χ2n) is 7.81. The molecule has 166 valence electrons. The molecule has 0 N–H and O–H groups in total. The van der Waals surface area contributed by atoms with Crippen LogP contribution in [0.25, 0.3) is 5.69 Å². The molecule has 3 aromatic rings. The van der Waals surface area contributed by atoms with Crippen LogP contribution in [0.3, 0.4) is 0 Å². The van der Waals surface area contributed by atoms with Crippen LogP contribution in [0.2, 0.25) is 0 Å². The standard InChI is InChI=1S/C26H29N3O3/c1-4-32-26(30)21-6-5-7-25(17-21)29-19(2)16-22(20(29)3)18-27-23-8-10-24(11-9-23)28-12-14-31-15-13-28/h5-11,16-18H,4,12-15H2,1-3H3. The number of aliphatic imine (C=N–C) groups is 1. The second kappa shape index (κ2) is 9.83. The van der Waals surface area contributed by atoms with Gasteiger partial charge in [-0.3, -0.25) is 4.99 Å². The van der Waals surface area contributed by atoms with Crippen molar-refractivity contribution in [2.45, 2.75) is 20.8 Å². The average Bonchev–Trinajstić information content (AvgIpc) is 3.11. The van der Waals surface area contributed by atoms with Gasteiger partial charge in [-0.25, -0.2) is 4.79 Å². The van der Waals surface area contributed by atoms with E-state index in [1.165, 1.54) is 5.69 Å². The van der Waals surface area contributed by atoms with Crippen molar-refractivity contribution in [3.8, 4) is 5.69 Å². The number of aromatic nitrogens is 1. The van der Waals surface area contributed by atoms with Crippen molar-refractivity contribution in [1.29, 1.82) is 0 Å². The van der Waals surface area contributed by atoms with Crippen LogP contribution in [0.1, 0.15) is 34.2 Å². The lowest BCUT2D eigenvalue weighted by molar-refractivity contribution is 0.0526. The van der Waals surface area contributed by atoms with E-state index in [-0.39, 0.29) is 5.97 Å². The Morgan fingerprint density at radius 1 is 1.06 bits per heavy atom. The number of carbonyl (C=O) groups is 1. The van der Waals surface area contributed by atoms with E-state index in [9.17, 15) is 4.79 Å². The number of nitrogens with zero attached hydrogens (tertiary/aromatic N) is 3. The van der Waals surface area contributed by atoms with Gasteiger partial charge in [0.2, 0.25) is 0 Å². The summed E-state index contributed by atoms with van der Waals surface area (Å²) in [7, 11) is 0. The first-order valence-electron chi connectivity index (χ1n) is 11.0. The molecule has 0 aliphatic carbocycles. The van der Waals surface area contributed by atoms with Crippen molar-refractivity contribution in [3.05, 3.63) is 77.1 Å². The highest BCUT2D eigenvalue weighted by molar-refractivity contribution is 5.90. The van der Waals surface area contributed by atoms with Gasteiger partial charge in [0.15, 0.2) is 0 Å². The molecule has 0 saturated carbocycles. The normalized spacial score (nSPS) is 14.2. The quantitative estimate of drug-likeness (QED) is 0.413. The number of hydrogen-bond donors (Lipinski definition) is 0. The van der Waals surface area contributed by atoms with Gasteiger partial charge < -0.3 is 18.9 Å². The van der Waals surface area contributed by atoms with Gasteiger partial charge in [-0.2, -0.15) is 0 Å². The Hall–Kier alpha value is -3.38. The summed E-state index contributed by atoms with van der Waals surface area (Å²) in [6, 6.07) is 17.9. The molecule has 0 unspecified atom stereocenters. The molecule has 2 aromatic carbocycles.